The molecule has 1 fully saturated rings. The van der Waals surface area contributed by atoms with Crippen LogP contribution in [0.15, 0.2) is 41.2 Å². The number of hydrogen-bond acceptors (Lipinski definition) is 2. The van der Waals surface area contributed by atoms with Crippen molar-refractivity contribution in [3.8, 4) is 0 Å². The van der Waals surface area contributed by atoms with Gasteiger partial charge in [0.05, 0.1) is 11.0 Å². The summed E-state index contributed by atoms with van der Waals surface area (Å²) < 4.78 is 1.96. The lowest BCUT2D eigenvalue weighted by Gasteiger charge is -2.32. The monoisotopic (exact) mass is 299 g/mol. The largest absolute Gasteiger partial charge is 0.326 e. The maximum absolute atomic E-state index is 12.2. The van der Waals surface area contributed by atoms with Gasteiger partial charge in [0.1, 0.15) is 0 Å². The molecule has 4 nitrogen and oxygen atoms in total. The Morgan fingerprint density at radius 3 is 2.77 bits per heavy atom. The normalized spacial score (nSPS) is 17.7. The van der Waals surface area contributed by atoms with E-state index in [4.69, 9.17) is 0 Å². The van der Waals surface area contributed by atoms with Crippen LogP contribution in [0.25, 0.3) is 11.0 Å². The molecule has 1 saturated heterocycles. The Morgan fingerprint density at radius 1 is 1.23 bits per heavy atom. The van der Waals surface area contributed by atoms with Crippen molar-refractivity contribution in [2.45, 2.75) is 38.6 Å². The van der Waals surface area contributed by atoms with Gasteiger partial charge >= 0.3 is 5.69 Å². The second-order valence-electron chi connectivity index (χ2n) is 6.06. The van der Waals surface area contributed by atoms with Crippen LogP contribution in [0.5, 0.6) is 0 Å². The van der Waals surface area contributed by atoms with E-state index in [1.807, 2.05) is 28.8 Å². The molecule has 0 aliphatic carbocycles. The fraction of sp³-hybridized carbons (Fsp3) is 0.500. The Morgan fingerprint density at radius 2 is 2.00 bits per heavy atom. The van der Waals surface area contributed by atoms with Crippen molar-refractivity contribution >= 4 is 11.0 Å². The molecule has 1 aromatic carbocycles. The van der Waals surface area contributed by atoms with Gasteiger partial charge < -0.3 is 9.88 Å². The molecule has 1 aliphatic heterocycles. The third-order valence-electron chi connectivity index (χ3n) is 4.56. The Balaban J connectivity index is 1.64. The van der Waals surface area contributed by atoms with Gasteiger partial charge in [-0.1, -0.05) is 31.2 Å². The molecular weight excluding hydrogens is 274 g/mol. The van der Waals surface area contributed by atoms with E-state index in [0.717, 1.165) is 56.4 Å². The summed E-state index contributed by atoms with van der Waals surface area (Å²) in [6.45, 7) is 5.46. The number of allylic oxidation sites excluding steroid dienone is 1. The first kappa shape index (κ1) is 15.1. The van der Waals surface area contributed by atoms with Crippen molar-refractivity contribution in [1.29, 1.82) is 0 Å². The zero-order valence-electron chi connectivity index (χ0n) is 13.3. The second kappa shape index (κ2) is 6.97. The number of nitrogens with zero attached hydrogens (tertiary/aromatic N) is 2. The van der Waals surface area contributed by atoms with Gasteiger partial charge in [-0.2, -0.15) is 0 Å². The van der Waals surface area contributed by atoms with E-state index in [-0.39, 0.29) is 5.69 Å². The minimum absolute atomic E-state index is 0.0329. The molecule has 118 valence electrons. The molecule has 1 aromatic heterocycles. The summed E-state index contributed by atoms with van der Waals surface area (Å²) in [5, 5.41) is 0. The summed E-state index contributed by atoms with van der Waals surface area (Å²) in [5.41, 5.74) is 2.02. The van der Waals surface area contributed by atoms with Gasteiger partial charge in [-0.05, 0) is 37.8 Å². The van der Waals surface area contributed by atoms with E-state index >= 15 is 0 Å². The predicted octanol–water partition coefficient (Wildman–Crippen LogP) is 3.32. The summed E-state index contributed by atoms with van der Waals surface area (Å²) >= 11 is 0. The number of H-pyrrole nitrogens is 1. The lowest BCUT2D eigenvalue weighted by atomic mass is 10.0. The molecule has 0 amide bonds. The smallest absolute Gasteiger partial charge is 0.306 e. The molecule has 0 radical (unpaired) electrons. The number of aromatic nitrogens is 2. The standard InChI is InChI=1S/C18H25N3O/c1-2-3-4-7-12-20-13-10-15(11-14-20)21-17-9-6-5-8-16(17)19-18(21)22/h3-6,8-9,15H,2,7,10-14H2,1H3,(H,19,22)/b4-3+. The molecule has 22 heavy (non-hydrogen) atoms. The van der Waals surface area contributed by atoms with Gasteiger partial charge in [0.15, 0.2) is 0 Å². The average molecular weight is 299 g/mol. The maximum atomic E-state index is 12.2. The van der Waals surface area contributed by atoms with Crippen molar-refractivity contribution in [2.75, 3.05) is 19.6 Å². The van der Waals surface area contributed by atoms with Crippen molar-refractivity contribution in [3.05, 3.63) is 46.9 Å². The van der Waals surface area contributed by atoms with Gasteiger partial charge in [0.25, 0.3) is 0 Å². The number of imidazole rings is 1. The molecule has 4 heteroatoms. The number of benzene rings is 1. The topological polar surface area (TPSA) is 41.0 Å². The highest BCUT2D eigenvalue weighted by Crippen LogP contribution is 2.24. The van der Waals surface area contributed by atoms with Crippen molar-refractivity contribution in [1.82, 2.24) is 14.5 Å². The van der Waals surface area contributed by atoms with Gasteiger partial charge in [-0.3, -0.25) is 4.57 Å². The molecule has 1 aliphatic rings. The van der Waals surface area contributed by atoms with Crippen LogP contribution in [-0.2, 0) is 0 Å². The van der Waals surface area contributed by atoms with E-state index in [1.165, 1.54) is 0 Å². The molecule has 2 heterocycles. The van der Waals surface area contributed by atoms with Crippen LogP contribution < -0.4 is 5.69 Å². The quantitative estimate of drug-likeness (QED) is 0.860. The lowest BCUT2D eigenvalue weighted by Crippen LogP contribution is -2.37. The molecule has 1 N–H and O–H groups in total. The van der Waals surface area contributed by atoms with Crippen LogP contribution >= 0.6 is 0 Å². The SMILES string of the molecule is CC/C=C/CCN1CCC(n2c(=O)[nH]c3ccccc32)CC1. The predicted molar refractivity (Wildman–Crippen MR) is 91.3 cm³/mol. The minimum atomic E-state index is 0.0329. The first-order valence-corrected chi connectivity index (χ1v) is 8.36. The van der Waals surface area contributed by atoms with E-state index in [1.54, 1.807) is 0 Å². The summed E-state index contributed by atoms with van der Waals surface area (Å²) in [7, 11) is 0. The highest BCUT2D eigenvalue weighted by atomic mass is 16.1. The average Bonchev–Trinajstić information content (AvgIpc) is 2.88. The van der Waals surface area contributed by atoms with Crippen LogP contribution in [0, 0.1) is 0 Å². The maximum Gasteiger partial charge on any atom is 0.326 e. The van der Waals surface area contributed by atoms with Crippen LogP contribution in [0.3, 0.4) is 0 Å². The lowest BCUT2D eigenvalue weighted by molar-refractivity contribution is 0.189. The number of hydrogen-bond donors (Lipinski definition) is 1. The summed E-state index contributed by atoms with van der Waals surface area (Å²) in [5.74, 6) is 0. The summed E-state index contributed by atoms with van der Waals surface area (Å²) in [6, 6.07) is 8.31. The number of rotatable bonds is 5. The van der Waals surface area contributed by atoms with Gasteiger partial charge in [-0.15, -0.1) is 0 Å². The fourth-order valence-electron chi connectivity index (χ4n) is 3.38. The van der Waals surface area contributed by atoms with E-state index in [9.17, 15) is 4.79 Å². The molecular formula is C18H25N3O. The number of fused-ring (bicyclic) bond motifs is 1. The van der Waals surface area contributed by atoms with Crippen molar-refractivity contribution in [2.24, 2.45) is 0 Å². The molecule has 0 unspecified atom stereocenters. The number of nitrogens with one attached hydrogen (secondary N) is 1. The van der Waals surface area contributed by atoms with Crippen LogP contribution in [-0.4, -0.2) is 34.1 Å². The van der Waals surface area contributed by atoms with Gasteiger partial charge in [-0.25, -0.2) is 4.79 Å². The summed E-state index contributed by atoms with van der Waals surface area (Å²) in [6.07, 6.45) is 8.87. The van der Waals surface area contributed by atoms with E-state index in [2.05, 4.69) is 29.0 Å². The van der Waals surface area contributed by atoms with Crippen molar-refractivity contribution in [3.63, 3.8) is 0 Å². The fourth-order valence-corrected chi connectivity index (χ4v) is 3.38. The summed E-state index contributed by atoms with van der Waals surface area (Å²) in [4.78, 5) is 17.7. The highest BCUT2D eigenvalue weighted by Gasteiger charge is 2.22. The van der Waals surface area contributed by atoms with Crippen LogP contribution in [0.4, 0.5) is 0 Å². The minimum Gasteiger partial charge on any atom is -0.306 e. The van der Waals surface area contributed by atoms with Crippen LogP contribution in [0.2, 0.25) is 0 Å². The third kappa shape index (κ3) is 3.17. The van der Waals surface area contributed by atoms with E-state index < -0.39 is 0 Å². The second-order valence-corrected chi connectivity index (χ2v) is 6.06. The zero-order chi connectivity index (χ0) is 15.4. The first-order chi connectivity index (χ1) is 10.8. The van der Waals surface area contributed by atoms with Gasteiger partial charge in [0.2, 0.25) is 0 Å². The Hall–Kier alpha value is -1.81. The Bertz CT molecular complexity index is 690. The number of likely N-dealkylation sites (tertiary alicyclic amines) is 1. The first-order valence-electron chi connectivity index (χ1n) is 8.36. The zero-order valence-corrected chi connectivity index (χ0v) is 13.3. The van der Waals surface area contributed by atoms with E-state index in [0.29, 0.717) is 6.04 Å². The number of aromatic amines is 1. The van der Waals surface area contributed by atoms with Crippen molar-refractivity contribution < 1.29 is 0 Å². The molecule has 0 saturated carbocycles. The third-order valence-corrected chi connectivity index (χ3v) is 4.56. The number of piperidine rings is 1. The van der Waals surface area contributed by atoms with Crippen LogP contribution in [0.1, 0.15) is 38.6 Å². The molecule has 0 spiro atoms. The molecule has 0 bridgehead atoms. The number of para-hydroxylation sites is 2. The molecule has 2 aromatic rings. The van der Waals surface area contributed by atoms with Gasteiger partial charge in [0, 0.05) is 25.7 Å². The Labute approximate surface area is 131 Å². The Kier molecular flexibility index (Phi) is 4.78. The molecule has 0 atom stereocenters. The molecule has 3 rings (SSSR count). The highest BCUT2D eigenvalue weighted by molar-refractivity contribution is 5.75.